The summed E-state index contributed by atoms with van der Waals surface area (Å²) in [7, 11) is 1.40. The number of ether oxygens (including phenoxy) is 1. The molecule has 0 aromatic heterocycles. The fraction of sp³-hybridized carbons (Fsp3) is 0.500. The Morgan fingerprint density at radius 3 is 2.12 bits per heavy atom. The third kappa shape index (κ3) is 5.36. The Bertz CT molecular complexity index is 624. The van der Waals surface area contributed by atoms with Crippen molar-refractivity contribution < 1.29 is 44.9 Å². The number of carbonyl (C=O) groups is 1. The quantitative estimate of drug-likeness (QED) is 0.158. The lowest BCUT2D eigenvalue weighted by Crippen LogP contribution is -2.42. The van der Waals surface area contributed by atoms with Crippen LogP contribution >= 0.6 is 0 Å². The number of unbranched alkanes of at least 4 members (excludes halogenated alkanes) is 1. The van der Waals surface area contributed by atoms with Crippen molar-refractivity contribution in [2.24, 2.45) is 0 Å². The summed E-state index contributed by atoms with van der Waals surface area (Å²) in [5.41, 5.74) is 0. The van der Waals surface area contributed by atoms with Gasteiger partial charge in [0.15, 0.2) is 17.4 Å². The molecule has 1 amide bonds. The molecule has 0 spiro atoms. The van der Waals surface area contributed by atoms with E-state index in [2.05, 4.69) is 4.74 Å². The highest BCUT2D eigenvalue weighted by Gasteiger charge is 2.37. The van der Waals surface area contributed by atoms with Crippen molar-refractivity contribution in [1.29, 1.82) is 0 Å². The molecular formula is C14H18F5NO5Si. The average molecular weight is 403 g/mol. The van der Waals surface area contributed by atoms with Crippen molar-refractivity contribution in [3.63, 3.8) is 0 Å². The zero-order chi connectivity index (χ0) is 19.9. The molecule has 1 aromatic rings. The molecule has 0 heterocycles. The maximum atomic E-state index is 13.7. The monoisotopic (exact) mass is 403 g/mol. The summed E-state index contributed by atoms with van der Waals surface area (Å²) in [4.78, 5) is 11.5. The molecule has 0 fully saturated rings. The molecule has 0 saturated heterocycles. The Morgan fingerprint density at radius 2 is 1.58 bits per heavy atom. The zero-order valence-corrected chi connectivity index (χ0v) is 15.3. The summed E-state index contributed by atoms with van der Waals surface area (Å²) < 4.78 is 85.6. The van der Waals surface area contributed by atoms with Gasteiger partial charge in [0.05, 0.1) is 6.54 Å². The number of nitrogens with zero attached hydrogens (tertiary/aromatic N) is 1. The Hall–Kier alpha value is -1.76. The Balaban J connectivity index is 2.57. The van der Waals surface area contributed by atoms with E-state index in [1.54, 1.807) is 0 Å². The van der Waals surface area contributed by atoms with Crippen molar-refractivity contribution >= 4 is 14.9 Å². The average Bonchev–Trinajstić information content (AvgIpc) is 2.64. The molecular weight excluding hydrogens is 385 g/mol. The van der Waals surface area contributed by atoms with Gasteiger partial charge in [0, 0.05) is 33.4 Å². The van der Waals surface area contributed by atoms with E-state index in [-0.39, 0.29) is 12.5 Å². The van der Waals surface area contributed by atoms with Gasteiger partial charge in [0.2, 0.25) is 11.6 Å². The van der Waals surface area contributed by atoms with Gasteiger partial charge in [0.1, 0.15) is 0 Å². The molecule has 0 atom stereocenters. The molecule has 0 radical (unpaired) electrons. The van der Waals surface area contributed by atoms with E-state index in [0.29, 0.717) is 12.5 Å². The summed E-state index contributed by atoms with van der Waals surface area (Å²) in [5, 5.41) is -0.408. The van der Waals surface area contributed by atoms with Crippen LogP contribution in [0.3, 0.4) is 0 Å². The first-order valence-electron chi connectivity index (χ1n) is 7.35. The molecule has 1 aromatic carbocycles. The first kappa shape index (κ1) is 22.3. The van der Waals surface area contributed by atoms with Gasteiger partial charge in [-0.15, -0.1) is 5.12 Å². The highest BCUT2D eigenvalue weighted by atomic mass is 28.4. The maximum absolute atomic E-state index is 13.7. The van der Waals surface area contributed by atoms with Crippen molar-refractivity contribution in [3.05, 3.63) is 29.3 Å². The van der Waals surface area contributed by atoms with Gasteiger partial charge in [0.25, 0.3) is 0 Å². The van der Waals surface area contributed by atoms with E-state index in [0.717, 1.165) is 0 Å². The third-order valence-electron chi connectivity index (χ3n) is 3.49. The van der Waals surface area contributed by atoms with Gasteiger partial charge in [-0.3, -0.25) is 0 Å². The molecule has 0 aliphatic heterocycles. The summed E-state index contributed by atoms with van der Waals surface area (Å²) in [6, 6.07) is 0.456. The van der Waals surface area contributed by atoms with Crippen LogP contribution in [0, 0.1) is 23.3 Å². The van der Waals surface area contributed by atoms with Crippen LogP contribution in [0.5, 0.6) is 5.75 Å². The van der Waals surface area contributed by atoms with Crippen molar-refractivity contribution in [2.45, 2.75) is 18.9 Å². The topological polar surface area (TPSA) is 57.2 Å². The second-order valence-corrected chi connectivity index (χ2v) is 8.10. The van der Waals surface area contributed by atoms with Gasteiger partial charge in [-0.05, 0) is 12.8 Å². The molecule has 0 saturated carbocycles. The molecule has 0 unspecified atom stereocenters. The number of halogens is 5. The largest absolute Gasteiger partial charge is 0.500 e. The molecule has 12 heteroatoms. The van der Waals surface area contributed by atoms with Crippen LogP contribution in [0.15, 0.2) is 6.07 Å². The SMILES string of the molecule is CO[Si](CCCCN(F)C(=O)Oc1cc(F)c(F)c(F)c1F)(OC)OC. The van der Waals surface area contributed by atoms with E-state index >= 15 is 0 Å². The third-order valence-corrected chi connectivity index (χ3v) is 6.32. The van der Waals surface area contributed by atoms with Crippen LogP contribution in [0.4, 0.5) is 26.8 Å². The van der Waals surface area contributed by atoms with Crippen molar-refractivity contribution in [1.82, 2.24) is 5.12 Å². The minimum absolute atomic E-state index is 0.106. The Kier molecular flexibility index (Phi) is 8.40. The van der Waals surface area contributed by atoms with Crippen LogP contribution < -0.4 is 4.74 Å². The van der Waals surface area contributed by atoms with Gasteiger partial charge < -0.3 is 18.0 Å². The van der Waals surface area contributed by atoms with Gasteiger partial charge >= 0.3 is 14.9 Å². The van der Waals surface area contributed by atoms with E-state index in [1.807, 2.05) is 0 Å². The highest BCUT2D eigenvalue weighted by molar-refractivity contribution is 6.60. The number of amides is 1. The van der Waals surface area contributed by atoms with Gasteiger partial charge in [-0.1, -0.05) is 4.48 Å². The smallest absolute Gasteiger partial charge is 0.405 e. The zero-order valence-electron chi connectivity index (χ0n) is 14.3. The molecule has 0 bridgehead atoms. The highest BCUT2D eigenvalue weighted by Crippen LogP contribution is 2.25. The number of benzene rings is 1. The lowest BCUT2D eigenvalue weighted by molar-refractivity contribution is 0.0346. The van der Waals surface area contributed by atoms with E-state index in [1.165, 1.54) is 21.3 Å². The number of hydrogen-bond acceptors (Lipinski definition) is 5. The normalized spacial score (nSPS) is 11.5. The van der Waals surface area contributed by atoms with Crippen molar-refractivity contribution in [3.8, 4) is 5.75 Å². The predicted molar refractivity (Wildman–Crippen MR) is 80.9 cm³/mol. The van der Waals surface area contributed by atoms with Crippen LogP contribution in [-0.4, -0.2) is 47.9 Å². The second kappa shape index (κ2) is 9.80. The summed E-state index contributed by atoms with van der Waals surface area (Å²) in [5.74, 6) is -9.22. The molecule has 6 nitrogen and oxygen atoms in total. The minimum Gasteiger partial charge on any atom is -0.405 e. The van der Waals surface area contributed by atoms with Gasteiger partial charge in [-0.25, -0.2) is 18.0 Å². The first-order valence-corrected chi connectivity index (χ1v) is 9.28. The minimum atomic E-state index is -2.83. The fourth-order valence-electron chi connectivity index (χ4n) is 2.01. The Labute approximate surface area is 147 Å². The van der Waals surface area contributed by atoms with E-state index in [9.17, 15) is 26.8 Å². The molecule has 148 valence electrons. The van der Waals surface area contributed by atoms with Crippen LogP contribution in [0.2, 0.25) is 6.04 Å². The summed E-state index contributed by atoms with van der Waals surface area (Å²) in [6.45, 7) is -0.450. The lowest BCUT2D eigenvalue weighted by atomic mass is 10.3. The Morgan fingerprint density at radius 1 is 1.00 bits per heavy atom. The van der Waals surface area contributed by atoms with Crippen LogP contribution in [-0.2, 0) is 13.3 Å². The standard InChI is InChI=1S/C14H18F5NO5Si/c1-22-26(23-2,24-3)7-5-4-6-20(19)14(21)25-10-8-9(15)11(16)13(18)12(10)17/h8H,4-7H2,1-3H3. The second-order valence-electron chi connectivity index (χ2n) is 5.00. The number of carbonyl (C=O) groups excluding carboxylic acids is 1. The first-order chi connectivity index (χ1) is 12.2. The summed E-state index contributed by atoms with van der Waals surface area (Å²) >= 11 is 0. The van der Waals surface area contributed by atoms with Gasteiger partial charge in [-0.2, -0.15) is 4.39 Å². The fourth-order valence-corrected chi connectivity index (χ4v) is 3.80. The van der Waals surface area contributed by atoms with Crippen molar-refractivity contribution in [2.75, 3.05) is 27.9 Å². The molecule has 0 aliphatic rings. The lowest BCUT2D eigenvalue weighted by Gasteiger charge is -2.24. The molecule has 1 rings (SSSR count). The van der Waals surface area contributed by atoms with E-state index < -0.39 is 55.6 Å². The summed E-state index contributed by atoms with van der Waals surface area (Å²) in [6.07, 6.45) is -1.20. The molecule has 26 heavy (non-hydrogen) atoms. The molecule has 0 aliphatic carbocycles. The van der Waals surface area contributed by atoms with E-state index in [4.69, 9.17) is 13.3 Å². The number of hydrogen-bond donors (Lipinski definition) is 0. The molecule has 0 N–H and O–H groups in total. The number of rotatable bonds is 9. The maximum Gasteiger partial charge on any atom is 0.500 e. The van der Waals surface area contributed by atoms with Crippen LogP contribution in [0.1, 0.15) is 12.8 Å². The predicted octanol–water partition coefficient (Wildman–Crippen LogP) is 3.59. The van der Waals surface area contributed by atoms with Crippen LogP contribution in [0.25, 0.3) is 0 Å².